The molecular formula is C12H18N2O3. The largest absolute Gasteiger partial charge is 0.462 e. The van der Waals surface area contributed by atoms with Gasteiger partial charge in [-0.05, 0) is 12.0 Å². The fraction of sp³-hybridized carbons (Fsp3) is 0.417. The molecule has 0 bridgehead atoms. The van der Waals surface area contributed by atoms with Gasteiger partial charge in [-0.3, -0.25) is 10.6 Å². The first kappa shape index (κ1) is 13.6. The molecule has 0 aromatic heterocycles. The maximum absolute atomic E-state index is 11.6. The molecule has 3 N–H and O–H groups in total. The zero-order chi connectivity index (χ0) is 12.5. The third-order valence-electron chi connectivity index (χ3n) is 2.30. The molecule has 1 atom stereocenters. The minimum absolute atomic E-state index is 0.238. The smallest absolute Gasteiger partial charge is 0.324 e. The lowest BCUT2D eigenvalue weighted by Crippen LogP contribution is -2.44. The van der Waals surface area contributed by atoms with Gasteiger partial charge in [0.15, 0.2) is 0 Å². The van der Waals surface area contributed by atoms with Gasteiger partial charge in [-0.1, -0.05) is 30.3 Å². The SMILES string of the molecule is COCCOC(=O)C(Cc1ccccc1)NN. The molecule has 0 aliphatic heterocycles. The number of nitrogens with two attached hydrogens (primary N) is 1. The molecular weight excluding hydrogens is 220 g/mol. The quantitative estimate of drug-likeness (QED) is 0.308. The number of carbonyl (C=O) groups is 1. The van der Waals surface area contributed by atoms with Gasteiger partial charge in [-0.2, -0.15) is 0 Å². The third-order valence-corrected chi connectivity index (χ3v) is 2.30. The van der Waals surface area contributed by atoms with Gasteiger partial charge < -0.3 is 9.47 Å². The van der Waals surface area contributed by atoms with Gasteiger partial charge in [0, 0.05) is 7.11 Å². The summed E-state index contributed by atoms with van der Waals surface area (Å²) < 4.78 is 9.80. The van der Waals surface area contributed by atoms with Crippen molar-refractivity contribution in [2.45, 2.75) is 12.5 Å². The molecule has 0 radical (unpaired) electrons. The van der Waals surface area contributed by atoms with Gasteiger partial charge in [0.2, 0.25) is 0 Å². The van der Waals surface area contributed by atoms with Crippen LogP contribution in [0.4, 0.5) is 0 Å². The summed E-state index contributed by atoms with van der Waals surface area (Å²) in [4.78, 5) is 11.6. The second kappa shape index (κ2) is 7.78. The molecule has 0 saturated heterocycles. The van der Waals surface area contributed by atoms with Crippen LogP contribution in [0.3, 0.4) is 0 Å². The van der Waals surface area contributed by atoms with Crippen LogP contribution in [0.5, 0.6) is 0 Å². The van der Waals surface area contributed by atoms with E-state index >= 15 is 0 Å². The number of hydrazine groups is 1. The zero-order valence-corrected chi connectivity index (χ0v) is 9.89. The van der Waals surface area contributed by atoms with Gasteiger partial charge in [-0.25, -0.2) is 5.43 Å². The Labute approximate surface area is 101 Å². The Morgan fingerprint density at radius 1 is 1.35 bits per heavy atom. The molecule has 0 aliphatic carbocycles. The lowest BCUT2D eigenvalue weighted by atomic mass is 10.1. The van der Waals surface area contributed by atoms with Crippen LogP contribution < -0.4 is 11.3 Å². The highest BCUT2D eigenvalue weighted by Crippen LogP contribution is 2.03. The zero-order valence-electron chi connectivity index (χ0n) is 9.89. The minimum atomic E-state index is -0.533. The Hall–Kier alpha value is -1.43. The highest BCUT2D eigenvalue weighted by Gasteiger charge is 2.18. The van der Waals surface area contributed by atoms with Crippen LogP contribution >= 0.6 is 0 Å². The van der Waals surface area contributed by atoms with Crippen molar-refractivity contribution in [2.75, 3.05) is 20.3 Å². The Morgan fingerprint density at radius 3 is 2.65 bits per heavy atom. The lowest BCUT2D eigenvalue weighted by Gasteiger charge is -2.14. The topological polar surface area (TPSA) is 73.6 Å². The van der Waals surface area contributed by atoms with Crippen molar-refractivity contribution in [2.24, 2.45) is 5.84 Å². The molecule has 0 saturated carbocycles. The number of nitrogens with one attached hydrogen (secondary N) is 1. The van der Waals surface area contributed by atoms with Crippen LogP contribution in [0.15, 0.2) is 30.3 Å². The van der Waals surface area contributed by atoms with Gasteiger partial charge in [-0.15, -0.1) is 0 Å². The van der Waals surface area contributed by atoms with Crippen LogP contribution in [-0.4, -0.2) is 32.3 Å². The van der Waals surface area contributed by atoms with Gasteiger partial charge >= 0.3 is 5.97 Å². The Balaban J connectivity index is 2.45. The average Bonchev–Trinajstić information content (AvgIpc) is 2.37. The lowest BCUT2D eigenvalue weighted by molar-refractivity contribution is -0.147. The van der Waals surface area contributed by atoms with Crippen molar-refractivity contribution in [3.05, 3.63) is 35.9 Å². The van der Waals surface area contributed by atoms with Crippen molar-refractivity contribution >= 4 is 5.97 Å². The summed E-state index contributed by atoms with van der Waals surface area (Å²) in [5.74, 6) is 4.98. The monoisotopic (exact) mass is 238 g/mol. The maximum Gasteiger partial charge on any atom is 0.324 e. The molecule has 0 aliphatic rings. The Kier molecular flexibility index (Phi) is 6.24. The second-order valence-corrected chi connectivity index (χ2v) is 3.57. The fourth-order valence-electron chi connectivity index (χ4n) is 1.39. The number of benzene rings is 1. The van der Waals surface area contributed by atoms with Crippen molar-refractivity contribution < 1.29 is 14.3 Å². The molecule has 1 aromatic rings. The number of methoxy groups -OCH3 is 1. The molecule has 1 unspecified atom stereocenters. The number of hydrogen-bond acceptors (Lipinski definition) is 5. The average molecular weight is 238 g/mol. The number of rotatable bonds is 7. The van der Waals surface area contributed by atoms with Crippen LogP contribution in [0.1, 0.15) is 5.56 Å². The van der Waals surface area contributed by atoms with Crippen LogP contribution in [0, 0.1) is 0 Å². The summed E-state index contributed by atoms with van der Waals surface area (Å²) in [5, 5.41) is 0. The summed E-state index contributed by atoms with van der Waals surface area (Å²) >= 11 is 0. The molecule has 1 aromatic carbocycles. The van der Waals surface area contributed by atoms with Gasteiger partial charge in [0.25, 0.3) is 0 Å². The molecule has 5 nitrogen and oxygen atoms in total. The number of carbonyl (C=O) groups excluding carboxylic acids is 1. The summed E-state index contributed by atoms with van der Waals surface area (Å²) in [6, 6.07) is 9.10. The van der Waals surface area contributed by atoms with E-state index in [0.29, 0.717) is 13.0 Å². The number of ether oxygens (including phenoxy) is 2. The first-order valence-electron chi connectivity index (χ1n) is 5.43. The van der Waals surface area contributed by atoms with E-state index in [9.17, 15) is 4.79 Å². The predicted molar refractivity (Wildman–Crippen MR) is 64.1 cm³/mol. The van der Waals surface area contributed by atoms with Crippen LogP contribution in [0.25, 0.3) is 0 Å². The third kappa shape index (κ3) is 4.95. The van der Waals surface area contributed by atoms with Crippen molar-refractivity contribution in [1.82, 2.24) is 5.43 Å². The van der Waals surface area contributed by atoms with E-state index in [4.69, 9.17) is 15.3 Å². The van der Waals surface area contributed by atoms with E-state index in [1.165, 1.54) is 0 Å². The maximum atomic E-state index is 11.6. The number of hydrogen-bond donors (Lipinski definition) is 2. The van der Waals surface area contributed by atoms with E-state index in [1.807, 2.05) is 30.3 Å². The second-order valence-electron chi connectivity index (χ2n) is 3.57. The highest BCUT2D eigenvalue weighted by atomic mass is 16.6. The molecule has 94 valence electrons. The fourth-order valence-corrected chi connectivity index (χ4v) is 1.39. The molecule has 1 rings (SSSR count). The molecule has 0 fully saturated rings. The van der Waals surface area contributed by atoms with Crippen molar-refractivity contribution in [3.63, 3.8) is 0 Å². The van der Waals surface area contributed by atoms with Crippen LogP contribution in [0.2, 0.25) is 0 Å². The van der Waals surface area contributed by atoms with Crippen molar-refractivity contribution in [3.8, 4) is 0 Å². The summed E-state index contributed by atoms with van der Waals surface area (Å²) in [5.41, 5.74) is 3.49. The summed E-state index contributed by atoms with van der Waals surface area (Å²) in [6.07, 6.45) is 0.503. The minimum Gasteiger partial charge on any atom is -0.462 e. The molecule has 17 heavy (non-hydrogen) atoms. The van der Waals surface area contributed by atoms with Crippen molar-refractivity contribution in [1.29, 1.82) is 0 Å². The first-order valence-corrected chi connectivity index (χ1v) is 5.43. The highest BCUT2D eigenvalue weighted by molar-refractivity contribution is 5.76. The van der Waals surface area contributed by atoms with E-state index in [1.54, 1.807) is 7.11 Å². The summed E-state index contributed by atoms with van der Waals surface area (Å²) in [7, 11) is 1.55. The molecule has 5 heteroatoms. The Morgan fingerprint density at radius 2 is 2.06 bits per heavy atom. The van der Waals surface area contributed by atoms with E-state index in [2.05, 4.69) is 5.43 Å². The van der Waals surface area contributed by atoms with Gasteiger partial charge in [0.05, 0.1) is 6.61 Å². The Bertz CT molecular complexity index is 330. The summed E-state index contributed by atoms with van der Waals surface area (Å²) in [6.45, 7) is 0.622. The molecule has 0 heterocycles. The van der Waals surface area contributed by atoms with E-state index < -0.39 is 6.04 Å². The molecule has 0 amide bonds. The normalized spacial score (nSPS) is 12.1. The first-order chi connectivity index (χ1) is 8.27. The van der Waals surface area contributed by atoms with Crippen LogP contribution in [-0.2, 0) is 20.7 Å². The molecule has 0 spiro atoms. The predicted octanol–water partition coefficient (Wildman–Crippen LogP) is 0.251. The van der Waals surface area contributed by atoms with Gasteiger partial charge in [0.1, 0.15) is 12.6 Å². The number of esters is 1. The van der Waals surface area contributed by atoms with E-state index in [0.717, 1.165) is 5.56 Å². The van der Waals surface area contributed by atoms with E-state index in [-0.39, 0.29) is 12.6 Å². The standard InChI is InChI=1S/C12H18N2O3/c1-16-7-8-17-12(15)11(14-13)9-10-5-3-2-4-6-10/h2-6,11,14H,7-9,13H2,1H3.